The van der Waals surface area contributed by atoms with Crippen molar-refractivity contribution in [3.05, 3.63) is 71.5 Å². The van der Waals surface area contributed by atoms with E-state index in [1.807, 2.05) is 12.1 Å². The van der Waals surface area contributed by atoms with Crippen molar-refractivity contribution >= 4 is 11.8 Å². The van der Waals surface area contributed by atoms with Crippen LogP contribution < -0.4 is 5.32 Å². The lowest BCUT2D eigenvalue weighted by atomic mass is 10.1. The van der Waals surface area contributed by atoms with E-state index in [1.165, 1.54) is 16.7 Å². The Kier molecular flexibility index (Phi) is 3.01. The number of rotatable bonds is 3. The van der Waals surface area contributed by atoms with Crippen LogP contribution in [0.25, 0.3) is 6.08 Å². The molecule has 0 amide bonds. The van der Waals surface area contributed by atoms with Crippen LogP contribution in [0.3, 0.4) is 0 Å². The standard InChI is InChI=1S/C16H15NO/c1-2-4-13(5-3-1)11-17-16-7-6-15-12-18-9-8-14(15)10-16/h1-10,17H,11-12H2. The van der Waals surface area contributed by atoms with E-state index in [2.05, 4.69) is 47.8 Å². The van der Waals surface area contributed by atoms with E-state index in [9.17, 15) is 0 Å². The van der Waals surface area contributed by atoms with Crippen molar-refractivity contribution in [2.75, 3.05) is 5.32 Å². The fourth-order valence-electron chi connectivity index (χ4n) is 2.05. The Morgan fingerprint density at radius 3 is 2.83 bits per heavy atom. The first-order chi connectivity index (χ1) is 8.92. The Bertz CT molecular complexity index is 561. The Morgan fingerprint density at radius 1 is 1.06 bits per heavy atom. The van der Waals surface area contributed by atoms with E-state index < -0.39 is 0 Å². The number of fused-ring (bicyclic) bond motifs is 1. The van der Waals surface area contributed by atoms with Crippen molar-refractivity contribution in [2.45, 2.75) is 13.2 Å². The summed E-state index contributed by atoms with van der Waals surface area (Å²) in [6.45, 7) is 1.52. The second-order valence-electron chi connectivity index (χ2n) is 4.37. The molecule has 0 saturated heterocycles. The van der Waals surface area contributed by atoms with E-state index in [0.29, 0.717) is 6.61 Å². The summed E-state index contributed by atoms with van der Waals surface area (Å²) in [7, 11) is 0. The van der Waals surface area contributed by atoms with Crippen molar-refractivity contribution in [1.29, 1.82) is 0 Å². The summed E-state index contributed by atoms with van der Waals surface area (Å²) in [5.74, 6) is 0. The summed E-state index contributed by atoms with van der Waals surface area (Å²) in [5.41, 5.74) is 4.90. The summed E-state index contributed by atoms with van der Waals surface area (Å²) in [6, 6.07) is 16.8. The molecule has 0 spiro atoms. The van der Waals surface area contributed by atoms with E-state index >= 15 is 0 Å². The average molecular weight is 237 g/mol. The molecule has 2 heteroatoms. The third-order valence-electron chi connectivity index (χ3n) is 3.07. The van der Waals surface area contributed by atoms with E-state index in [4.69, 9.17) is 4.74 Å². The SMILES string of the molecule is C1=Cc2cc(NCc3ccccc3)ccc2CO1. The first-order valence-corrected chi connectivity index (χ1v) is 6.11. The number of ether oxygens (including phenoxy) is 1. The molecule has 18 heavy (non-hydrogen) atoms. The van der Waals surface area contributed by atoms with Gasteiger partial charge in [-0.15, -0.1) is 0 Å². The van der Waals surface area contributed by atoms with Crippen LogP contribution in [0.2, 0.25) is 0 Å². The molecule has 0 bridgehead atoms. The van der Waals surface area contributed by atoms with Crippen LogP contribution in [0.1, 0.15) is 16.7 Å². The maximum absolute atomic E-state index is 5.26. The molecular weight excluding hydrogens is 222 g/mol. The normalized spacial score (nSPS) is 12.7. The molecule has 1 heterocycles. The molecule has 0 unspecified atom stereocenters. The number of nitrogens with one attached hydrogen (secondary N) is 1. The maximum Gasteiger partial charge on any atom is 0.113 e. The average Bonchev–Trinajstić information content (AvgIpc) is 2.46. The maximum atomic E-state index is 5.26. The third kappa shape index (κ3) is 2.38. The van der Waals surface area contributed by atoms with Crippen molar-refractivity contribution in [3.63, 3.8) is 0 Å². The second-order valence-corrected chi connectivity index (χ2v) is 4.37. The summed E-state index contributed by atoms with van der Waals surface area (Å²) < 4.78 is 5.26. The largest absolute Gasteiger partial charge is 0.496 e. The van der Waals surface area contributed by atoms with Gasteiger partial charge >= 0.3 is 0 Å². The minimum Gasteiger partial charge on any atom is -0.496 e. The van der Waals surface area contributed by atoms with Crippen LogP contribution in [0, 0.1) is 0 Å². The van der Waals surface area contributed by atoms with Crippen molar-refractivity contribution in [1.82, 2.24) is 0 Å². The van der Waals surface area contributed by atoms with Crippen molar-refractivity contribution in [3.8, 4) is 0 Å². The van der Waals surface area contributed by atoms with Crippen molar-refractivity contribution < 1.29 is 4.74 Å². The number of hydrogen-bond acceptors (Lipinski definition) is 2. The van der Waals surface area contributed by atoms with Gasteiger partial charge in [0, 0.05) is 12.2 Å². The predicted molar refractivity (Wildman–Crippen MR) is 74.0 cm³/mol. The van der Waals surface area contributed by atoms with Gasteiger partial charge in [0.15, 0.2) is 0 Å². The van der Waals surface area contributed by atoms with Gasteiger partial charge in [-0.2, -0.15) is 0 Å². The lowest BCUT2D eigenvalue weighted by molar-refractivity contribution is 0.234. The highest BCUT2D eigenvalue weighted by Gasteiger charge is 2.05. The van der Waals surface area contributed by atoms with E-state index in [-0.39, 0.29) is 0 Å². The summed E-state index contributed by atoms with van der Waals surface area (Å²) in [5, 5.41) is 3.44. The Labute approximate surface area is 107 Å². The van der Waals surface area contributed by atoms with Crippen LogP contribution in [-0.2, 0) is 17.9 Å². The second kappa shape index (κ2) is 4.96. The predicted octanol–water partition coefficient (Wildman–Crippen LogP) is 3.80. The molecule has 1 aliphatic rings. The molecule has 3 rings (SSSR count). The molecule has 2 aromatic carbocycles. The van der Waals surface area contributed by atoms with Crippen LogP contribution in [0.4, 0.5) is 5.69 Å². The number of hydrogen-bond donors (Lipinski definition) is 1. The molecular formula is C16H15NO. The molecule has 0 atom stereocenters. The molecule has 0 aromatic heterocycles. The van der Waals surface area contributed by atoms with Gasteiger partial charge in [0.05, 0.1) is 6.26 Å². The Balaban J connectivity index is 1.72. The van der Waals surface area contributed by atoms with Gasteiger partial charge in [0.2, 0.25) is 0 Å². The van der Waals surface area contributed by atoms with Gasteiger partial charge in [0.1, 0.15) is 6.61 Å². The fraction of sp³-hybridized carbons (Fsp3) is 0.125. The Hall–Kier alpha value is -2.22. The van der Waals surface area contributed by atoms with Crippen LogP contribution >= 0.6 is 0 Å². The summed E-state index contributed by atoms with van der Waals surface area (Å²) in [6.07, 6.45) is 3.76. The molecule has 0 saturated carbocycles. The molecule has 0 fully saturated rings. The van der Waals surface area contributed by atoms with Gasteiger partial charge in [-0.1, -0.05) is 36.4 Å². The molecule has 1 aliphatic heterocycles. The molecule has 90 valence electrons. The number of anilines is 1. The molecule has 0 aliphatic carbocycles. The molecule has 2 aromatic rings. The summed E-state index contributed by atoms with van der Waals surface area (Å²) >= 11 is 0. The quantitative estimate of drug-likeness (QED) is 0.876. The van der Waals surface area contributed by atoms with Crippen LogP contribution in [-0.4, -0.2) is 0 Å². The molecule has 2 nitrogen and oxygen atoms in total. The topological polar surface area (TPSA) is 21.3 Å². The smallest absolute Gasteiger partial charge is 0.113 e. The highest BCUT2D eigenvalue weighted by molar-refractivity contribution is 5.61. The first-order valence-electron chi connectivity index (χ1n) is 6.11. The van der Waals surface area contributed by atoms with Gasteiger partial charge < -0.3 is 10.1 Å². The van der Waals surface area contributed by atoms with E-state index in [1.54, 1.807) is 6.26 Å². The monoisotopic (exact) mass is 237 g/mol. The van der Waals surface area contributed by atoms with Gasteiger partial charge in [0.25, 0.3) is 0 Å². The first kappa shape index (κ1) is 10.9. The number of benzene rings is 2. The van der Waals surface area contributed by atoms with Gasteiger partial charge in [-0.25, -0.2) is 0 Å². The fourth-order valence-corrected chi connectivity index (χ4v) is 2.05. The minimum atomic E-state index is 0.671. The zero-order valence-electron chi connectivity index (χ0n) is 10.1. The highest BCUT2D eigenvalue weighted by Crippen LogP contribution is 2.21. The minimum absolute atomic E-state index is 0.671. The zero-order chi connectivity index (χ0) is 12.2. The molecule has 0 radical (unpaired) electrons. The highest BCUT2D eigenvalue weighted by atomic mass is 16.5. The van der Waals surface area contributed by atoms with E-state index in [0.717, 1.165) is 12.2 Å². The Morgan fingerprint density at radius 2 is 1.94 bits per heavy atom. The lowest BCUT2D eigenvalue weighted by Gasteiger charge is -2.14. The molecule has 1 N–H and O–H groups in total. The third-order valence-corrected chi connectivity index (χ3v) is 3.07. The van der Waals surface area contributed by atoms with Crippen molar-refractivity contribution in [2.24, 2.45) is 0 Å². The van der Waals surface area contributed by atoms with Gasteiger partial charge in [-0.3, -0.25) is 0 Å². The van der Waals surface area contributed by atoms with Crippen LogP contribution in [0.15, 0.2) is 54.8 Å². The van der Waals surface area contributed by atoms with Gasteiger partial charge in [-0.05, 0) is 34.9 Å². The van der Waals surface area contributed by atoms with Crippen LogP contribution in [0.5, 0.6) is 0 Å². The lowest BCUT2D eigenvalue weighted by Crippen LogP contribution is -2.01. The zero-order valence-corrected chi connectivity index (χ0v) is 10.1. The summed E-state index contributed by atoms with van der Waals surface area (Å²) in [4.78, 5) is 0.